The molecule has 0 saturated carbocycles. The second kappa shape index (κ2) is 3.55. The third-order valence-electron chi connectivity index (χ3n) is 1.87. The van der Waals surface area contributed by atoms with Crippen molar-refractivity contribution in [2.45, 2.75) is 19.4 Å². The lowest BCUT2D eigenvalue weighted by atomic mass is 10.0. The number of hydrogen-bond donors (Lipinski definition) is 0. The smallest absolute Gasteiger partial charge is 0.375 e. The summed E-state index contributed by atoms with van der Waals surface area (Å²) in [6, 6.07) is 0. The van der Waals surface area contributed by atoms with E-state index in [9.17, 15) is 14.4 Å². The molecule has 1 aliphatic heterocycles. The number of hydrogen-bond acceptors (Lipinski definition) is 5. The van der Waals surface area contributed by atoms with E-state index in [-0.39, 0.29) is 12.5 Å². The zero-order valence-corrected chi connectivity index (χ0v) is 7.40. The van der Waals surface area contributed by atoms with Gasteiger partial charge in [0, 0.05) is 6.42 Å². The van der Waals surface area contributed by atoms with Crippen LogP contribution in [0.3, 0.4) is 0 Å². The van der Waals surface area contributed by atoms with E-state index >= 15 is 0 Å². The number of Topliss-reactive ketones (excluding diaryl/α,β-unsaturated/α-hetero) is 1. The molecular formula is C8H10O5. The zero-order valence-electron chi connectivity index (χ0n) is 7.40. The summed E-state index contributed by atoms with van der Waals surface area (Å²) >= 11 is 0. The maximum absolute atomic E-state index is 11.2. The molecule has 0 aromatic carbocycles. The Morgan fingerprint density at radius 2 is 2.15 bits per heavy atom. The maximum Gasteiger partial charge on any atom is 0.375 e. The number of cyclic esters (lactones) is 1. The van der Waals surface area contributed by atoms with Crippen LogP contribution in [0, 0.1) is 5.92 Å². The van der Waals surface area contributed by atoms with Gasteiger partial charge in [-0.15, -0.1) is 0 Å². The largest absolute Gasteiger partial charge is 0.463 e. The van der Waals surface area contributed by atoms with Gasteiger partial charge in [-0.3, -0.25) is 9.59 Å². The molecule has 0 spiro atoms. The van der Waals surface area contributed by atoms with E-state index in [1.807, 2.05) is 0 Å². The lowest BCUT2D eigenvalue weighted by Gasteiger charge is -2.00. The average Bonchev–Trinajstić information content (AvgIpc) is 2.42. The van der Waals surface area contributed by atoms with Crippen LogP contribution in [-0.2, 0) is 23.9 Å². The Kier molecular flexibility index (Phi) is 2.65. The Morgan fingerprint density at radius 1 is 1.54 bits per heavy atom. The third-order valence-corrected chi connectivity index (χ3v) is 1.87. The predicted molar refractivity (Wildman–Crippen MR) is 40.7 cm³/mol. The summed E-state index contributed by atoms with van der Waals surface area (Å²) in [7, 11) is 1.10. The van der Waals surface area contributed by atoms with Crippen molar-refractivity contribution >= 4 is 17.7 Å². The number of esters is 2. The monoisotopic (exact) mass is 186 g/mol. The Labute approximate surface area is 75.0 Å². The van der Waals surface area contributed by atoms with Crippen LogP contribution >= 0.6 is 0 Å². The van der Waals surface area contributed by atoms with Gasteiger partial charge in [0.2, 0.25) is 0 Å². The van der Waals surface area contributed by atoms with Crippen LogP contribution < -0.4 is 0 Å². The Hall–Kier alpha value is -1.39. The molecule has 1 heterocycles. The van der Waals surface area contributed by atoms with Gasteiger partial charge in [0.15, 0.2) is 0 Å². The summed E-state index contributed by atoms with van der Waals surface area (Å²) in [4.78, 5) is 32.9. The highest BCUT2D eigenvalue weighted by molar-refractivity contribution is 6.38. The Bertz CT molecular complexity index is 257. The highest BCUT2D eigenvalue weighted by atomic mass is 16.6. The van der Waals surface area contributed by atoms with Crippen LogP contribution in [0.25, 0.3) is 0 Å². The molecule has 0 aliphatic carbocycles. The van der Waals surface area contributed by atoms with Gasteiger partial charge in [-0.1, -0.05) is 0 Å². The molecule has 1 fully saturated rings. The van der Waals surface area contributed by atoms with E-state index in [0.717, 1.165) is 7.11 Å². The molecule has 2 atom stereocenters. The molecule has 0 aromatic heterocycles. The van der Waals surface area contributed by atoms with Crippen molar-refractivity contribution in [1.29, 1.82) is 0 Å². The van der Waals surface area contributed by atoms with E-state index in [2.05, 4.69) is 4.74 Å². The van der Waals surface area contributed by atoms with Gasteiger partial charge in [-0.05, 0) is 6.92 Å². The van der Waals surface area contributed by atoms with Crippen molar-refractivity contribution in [2.75, 3.05) is 7.11 Å². The molecule has 13 heavy (non-hydrogen) atoms. The molecule has 1 rings (SSSR count). The summed E-state index contributed by atoms with van der Waals surface area (Å²) in [5, 5.41) is 0. The predicted octanol–water partition coefficient (Wildman–Crippen LogP) is -0.320. The van der Waals surface area contributed by atoms with Crippen molar-refractivity contribution < 1.29 is 23.9 Å². The van der Waals surface area contributed by atoms with Crippen LogP contribution in [0.5, 0.6) is 0 Å². The SMILES string of the molecule is COC(=O)C(=O)C1CC(C)OC1=O. The first-order chi connectivity index (χ1) is 6.06. The van der Waals surface area contributed by atoms with E-state index in [4.69, 9.17) is 4.74 Å². The Morgan fingerprint density at radius 3 is 2.54 bits per heavy atom. The van der Waals surface area contributed by atoms with Crippen LogP contribution in [0.15, 0.2) is 0 Å². The molecule has 0 amide bonds. The second-order valence-corrected chi connectivity index (χ2v) is 2.89. The number of ether oxygens (including phenoxy) is 2. The molecule has 5 nitrogen and oxygen atoms in total. The zero-order chi connectivity index (χ0) is 10.0. The lowest BCUT2D eigenvalue weighted by molar-refractivity contribution is -0.157. The first-order valence-corrected chi connectivity index (χ1v) is 3.89. The molecule has 0 N–H and O–H groups in total. The molecule has 0 aromatic rings. The summed E-state index contributed by atoms with van der Waals surface area (Å²) in [5.74, 6) is -3.42. The van der Waals surface area contributed by atoms with Gasteiger partial charge < -0.3 is 9.47 Å². The van der Waals surface area contributed by atoms with Crippen molar-refractivity contribution in [3.63, 3.8) is 0 Å². The number of carbonyl (C=O) groups excluding carboxylic acids is 3. The quantitative estimate of drug-likeness (QED) is 0.336. The number of ketones is 1. The fourth-order valence-electron chi connectivity index (χ4n) is 1.21. The van der Waals surface area contributed by atoms with Gasteiger partial charge >= 0.3 is 11.9 Å². The maximum atomic E-state index is 11.2. The van der Waals surface area contributed by atoms with Crippen LogP contribution in [0.2, 0.25) is 0 Å². The van der Waals surface area contributed by atoms with E-state index < -0.39 is 23.6 Å². The summed E-state index contributed by atoms with van der Waals surface area (Å²) < 4.78 is 8.93. The molecule has 72 valence electrons. The number of rotatable bonds is 2. The van der Waals surface area contributed by atoms with Gasteiger partial charge in [-0.25, -0.2) is 4.79 Å². The van der Waals surface area contributed by atoms with Crippen LogP contribution in [0.1, 0.15) is 13.3 Å². The summed E-state index contributed by atoms with van der Waals surface area (Å²) in [6.07, 6.45) is -0.0432. The minimum Gasteiger partial charge on any atom is -0.463 e. The normalized spacial score (nSPS) is 26.8. The fourth-order valence-corrected chi connectivity index (χ4v) is 1.21. The fraction of sp³-hybridized carbons (Fsp3) is 0.625. The van der Waals surface area contributed by atoms with Crippen molar-refractivity contribution in [1.82, 2.24) is 0 Å². The van der Waals surface area contributed by atoms with E-state index in [0.29, 0.717) is 0 Å². The first kappa shape index (κ1) is 9.70. The molecule has 1 saturated heterocycles. The van der Waals surface area contributed by atoms with Crippen molar-refractivity contribution in [3.05, 3.63) is 0 Å². The first-order valence-electron chi connectivity index (χ1n) is 3.89. The molecule has 5 heteroatoms. The average molecular weight is 186 g/mol. The third kappa shape index (κ3) is 1.85. The topological polar surface area (TPSA) is 69.7 Å². The summed E-state index contributed by atoms with van der Waals surface area (Å²) in [5.41, 5.74) is 0. The Balaban J connectivity index is 2.68. The minimum atomic E-state index is -0.990. The van der Waals surface area contributed by atoms with Gasteiger partial charge in [0.25, 0.3) is 5.78 Å². The minimum absolute atomic E-state index is 0.257. The second-order valence-electron chi connectivity index (χ2n) is 2.89. The lowest BCUT2D eigenvalue weighted by Crippen LogP contribution is -2.27. The molecule has 1 aliphatic rings. The van der Waals surface area contributed by atoms with Crippen molar-refractivity contribution in [3.8, 4) is 0 Å². The molecular weight excluding hydrogens is 176 g/mol. The molecule has 0 bridgehead atoms. The van der Waals surface area contributed by atoms with Gasteiger partial charge in [0.1, 0.15) is 12.0 Å². The number of carbonyl (C=O) groups is 3. The standard InChI is InChI=1S/C8H10O5/c1-4-3-5(7(10)13-4)6(9)8(11)12-2/h4-5H,3H2,1-2H3. The number of methoxy groups -OCH3 is 1. The van der Waals surface area contributed by atoms with Gasteiger partial charge in [0.05, 0.1) is 7.11 Å². The van der Waals surface area contributed by atoms with Crippen LogP contribution in [-0.4, -0.2) is 30.9 Å². The van der Waals surface area contributed by atoms with Crippen LogP contribution in [0.4, 0.5) is 0 Å². The highest BCUT2D eigenvalue weighted by Gasteiger charge is 2.40. The van der Waals surface area contributed by atoms with E-state index in [1.165, 1.54) is 0 Å². The highest BCUT2D eigenvalue weighted by Crippen LogP contribution is 2.21. The molecule has 2 unspecified atom stereocenters. The van der Waals surface area contributed by atoms with E-state index in [1.54, 1.807) is 6.92 Å². The van der Waals surface area contributed by atoms with Crippen molar-refractivity contribution in [2.24, 2.45) is 5.92 Å². The van der Waals surface area contributed by atoms with Gasteiger partial charge in [-0.2, -0.15) is 0 Å². The summed E-state index contributed by atoms with van der Waals surface area (Å²) in [6.45, 7) is 1.67. The molecule has 0 radical (unpaired) electrons.